The zero-order valence-electron chi connectivity index (χ0n) is 20.3. The maximum Gasteiger partial charge on any atom is 0.311 e. The van der Waals surface area contributed by atoms with E-state index in [-0.39, 0.29) is 35.9 Å². The topological polar surface area (TPSA) is 26.3 Å². The van der Waals surface area contributed by atoms with Crippen LogP contribution in [0.15, 0.2) is 48.5 Å². The molecule has 0 spiro atoms. The molecule has 0 saturated carbocycles. The van der Waals surface area contributed by atoms with Crippen molar-refractivity contribution in [2.75, 3.05) is 13.6 Å². The van der Waals surface area contributed by atoms with Crippen LogP contribution in [0.1, 0.15) is 76.5 Å². The van der Waals surface area contributed by atoms with Gasteiger partial charge in [0.25, 0.3) is 0 Å². The molecule has 0 heterocycles. The van der Waals surface area contributed by atoms with Crippen LogP contribution in [0, 0.1) is 6.92 Å². The summed E-state index contributed by atoms with van der Waals surface area (Å²) in [6, 6.07) is 17.9. The van der Waals surface area contributed by atoms with Gasteiger partial charge in [-0.3, -0.25) is 4.79 Å². The molecule has 0 aromatic heterocycles. The number of esters is 1. The molecule has 2 aromatic rings. The third-order valence-corrected chi connectivity index (χ3v) is 6.68. The number of hydrogen-bond acceptors (Lipinski definition) is 2. The van der Waals surface area contributed by atoms with Gasteiger partial charge in [0.15, 0.2) is 0 Å². The Bertz CT molecular complexity index is 809. The second kappa shape index (κ2) is 12.6. The summed E-state index contributed by atoms with van der Waals surface area (Å²) in [7, 11) is 2.36. The SMILES string of the molecule is CCCC(=O)Oc1ccc(C)cc1[C@H](CC[N+](C)(C(C)C)C(C)C)c1ccccc1.[I-]. The molecule has 2 rings (SSSR count). The van der Waals surface area contributed by atoms with E-state index in [0.29, 0.717) is 24.3 Å². The van der Waals surface area contributed by atoms with E-state index in [4.69, 9.17) is 4.74 Å². The number of benzene rings is 2. The van der Waals surface area contributed by atoms with Crippen LogP contribution in [-0.4, -0.2) is 36.1 Å². The summed E-state index contributed by atoms with van der Waals surface area (Å²) in [6.07, 6.45) is 2.23. The lowest BCUT2D eigenvalue weighted by Gasteiger charge is -2.43. The summed E-state index contributed by atoms with van der Waals surface area (Å²) in [5.74, 6) is 0.737. The van der Waals surface area contributed by atoms with E-state index in [1.54, 1.807) is 0 Å². The lowest BCUT2D eigenvalue weighted by molar-refractivity contribution is -0.949. The zero-order valence-corrected chi connectivity index (χ0v) is 22.5. The number of ether oxygens (including phenoxy) is 1. The van der Waals surface area contributed by atoms with Crippen molar-refractivity contribution in [3.8, 4) is 5.75 Å². The van der Waals surface area contributed by atoms with Crippen molar-refractivity contribution in [2.45, 2.75) is 78.8 Å². The Labute approximate surface area is 206 Å². The van der Waals surface area contributed by atoms with Gasteiger partial charge in [0.05, 0.1) is 25.7 Å². The van der Waals surface area contributed by atoms with Crippen molar-refractivity contribution in [2.24, 2.45) is 0 Å². The third-order valence-electron chi connectivity index (χ3n) is 6.68. The summed E-state index contributed by atoms with van der Waals surface area (Å²) < 4.78 is 6.84. The first kappa shape index (κ1) is 27.6. The van der Waals surface area contributed by atoms with E-state index in [0.717, 1.165) is 29.4 Å². The zero-order chi connectivity index (χ0) is 22.3. The van der Waals surface area contributed by atoms with Gasteiger partial charge in [0.1, 0.15) is 5.75 Å². The van der Waals surface area contributed by atoms with Gasteiger partial charge in [0.2, 0.25) is 0 Å². The van der Waals surface area contributed by atoms with Crippen LogP contribution in [0.4, 0.5) is 0 Å². The van der Waals surface area contributed by atoms with Crippen molar-refractivity contribution in [3.63, 3.8) is 0 Å². The van der Waals surface area contributed by atoms with Crippen molar-refractivity contribution in [1.82, 2.24) is 0 Å². The minimum atomic E-state index is -0.153. The van der Waals surface area contributed by atoms with Gasteiger partial charge in [-0.2, -0.15) is 0 Å². The molecule has 1 atom stereocenters. The highest BCUT2D eigenvalue weighted by atomic mass is 127. The number of rotatable bonds is 10. The Hall–Kier alpha value is -1.40. The molecule has 0 fully saturated rings. The predicted molar refractivity (Wildman–Crippen MR) is 126 cm³/mol. The van der Waals surface area contributed by atoms with Gasteiger partial charge in [-0.1, -0.05) is 55.0 Å². The first-order chi connectivity index (χ1) is 14.2. The van der Waals surface area contributed by atoms with Gasteiger partial charge in [-0.25, -0.2) is 0 Å². The Kier molecular flexibility index (Phi) is 11.2. The standard InChI is InChI=1S/C27H40NO2.HI/c1-8-12-27(29)30-26-16-15-22(6)19-25(26)24(23-13-10-9-11-14-23)17-18-28(7,20(2)3)21(4)5;/h9-11,13-16,19-21,24H,8,12,17-18H2,1-7H3;1H/q+1;/p-1/t24-;/m1./s1. The van der Waals surface area contributed by atoms with Gasteiger partial charge >= 0.3 is 5.97 Å². The second-order valence-electron chi connectivity index (χ2n) is 9.28. The number of aryl methyl sites for hydroxylation is 1. The largest absolute Gasteiger partial charge is 1.00 e. The molecule has 0 aliphatic heterocycles. The Morgan fingerprint density at radius 2 is 1.61 bits per heavy atom. The molecule has 0 aliphatic rings. The van der Waals surface area contributed by atoms with Crippen LogP contribution in [0.3, 0.4) is 0 Å². The molecule has 3 nitrogen and oxygen atoms in total. The van der Waals surface area contributed by atoms with Crippen molar-refractivity contribution in [3.05, 3.63) is 65.2 Å². The van der Waals surface area contributed by atoms with Gasteiger partial charge < -0.3 is 33.2 Å². The lowest BCUT2D eigenvalue weighted by atomic mass is 9.86. The Balaban J connectivity index is 0.00000480. The number of carbonyl (C=O) groups excluding carboxylic acids is 1. The maximum atomic E-state index is 12.3. The molecule has 4 heteroatoms. The van der Waals surface area contributed by atoms with E-state index >= 15 is 0 Å². The second-order valence-corrected chi connectivity index (χ2v) is 9.28. The lowest BCUT2D eigenvalue weighted by Crippen LogP contribution is -3.00. The summed E-state index contributed by atoms with van der Waals surface area (Å²) in [5, 5.41) is 0. The Morgan fingerprint density at radius 3 is 2.16 bits per heavy atom. The number of carbonyl (C=O) groups is 1. The summed E-state index contributed by atoms with van der Waals surface area (Å²) >= 11 is 0. The quantitative estimate of drug-likeness (QED) is 0.201. The molecular weight excluding hydrogens is 497 g/mol. The van der Waals surface area contributed by atoms with Gasteiger partial charge in [-0.05, 0) is 52.7 Å². The predicted octanol–water partition coefficient (Wildman–Crippen LogP) is 3.49. The third kappa shape index (κ3) is 7.31. The molecule has 2 aromatic carbocycles. The van der Waals surface area contributed by atoms with E-state index < -0.39 is 0 Å². The maximum absolute atomic E-state index is 12.3. The van der Waals surface area contributed by atoms with E-state index in [1.165, 1.54) is 11.1 Å². The first-order valence-electron chi connectivity index (χ1n) is 11.4. The van der Waals surface area contributed by atoms with Crippen LogP contribution in [0.25, 0.3) is 0 Å². The average Bonchev–Trinajstić information content (AvgIpc) is 2.70. The van der Waals surface area contributed by atoms with Crippen LogP contribution in [0.5, 0.6) is 5.75 Å². The minimum Gasteiger partial charge on any atom is -1.00 e. The monoisotopic (exact) mass is 537 g/mol. The molecule has 172 valence electrons. The van der Waals surface area contributed by atoms with Crippen molar-refractivity contribution < 1.29 is 38.0 Å². The van der Waals surface area contributed by atoms with Crippen LogP contribution in [0.2, 0.25) is 0 Å². The molecule has 0 aliphatic carbocycles. The fourth-order valence-electron chi connectivity index (χ4n) is 4.12. The van der Waals surface area contributed by atoms with Crippen LogP contribution in [-0.2, 0) is 4.79 Å². The highest BCUT2D eigenvalue weighted by Crippen LogP contribution is 2.36. The van der Waals surface area contributed by atoms with Crippen LogP contribution >= 0.6 is 0 Å². The minimum absolute atomic E-state index is 0. The highest BCUT2D eigenvalue weighted by Gasteiger charge is 2.31. The normalized spacial score (nSPS) is 12.5. The molecule has 0 radical (unpaired) electrons. The number of halogens is 1. The number of quaternary nitrogens is 1. The number of hydrogen-bond donors (Lipinski definition) is 0. The molecule has 0 unspecified atom stereocenters. The summed E-state index contributed by atoms with van der Waals surface area (Å²) in [5.41, 5.74) is 3.57. The summed E-state index contributed by atoms with van der Waals surface area (Å²) in [6.45, 7) is 14.4. The Morgan fingerprint density at radius 1 is 1.00 bits per heavy atom. The smallest absolute Gasteiger partial charge is 0.311 e. The molecular formula is C27H40INO2. The first-order valence-corrected chi connectivity index (χ1v) is 11.4. The summed E-state index contributed by atoms with van der Waals surface area (Å²) in [4.78, 5) is 12.3. The van der Waals surface area contributed by atoms with Gasteiger partial charge in [-0.15, -0.1) is 0 Å². The van der Waals surface area contributed by atoms with Crippen molar-refractivity contribution >= 4 is 5.97 Å². The fourth-order valence-corrected chi connectivity index (χ4v) is 4.12. The van der Waals surface area contributed by atoms with E-state index in [9.17, 15) is 4.79 Å². The molecule has 31 heavy (non-hydrogen) atoms. The number of nitrogens with zero attached hydrogens (tertiary/aromatic N) is 1. The average molecular weight is 538 g/mol. The van der Waals surface area contributed by atoms with E-state index in [2.05, 4.69) is 78.1 Å². The van der Waals surface area contributed by atoms with Crippen molar-refractivity contribution in [1.29, 1.82) is 0 Å². The van der Waals surface area contributed by atoms with E-state index in [1.807, 2.05) is 19.1 Å². The fraction of sp³-hybridized carbons (Fsp3) is 0.519. The van der Waals surface area contributed by atoms with Crippen LogP contribution < -0.4 is 28.7 Å². The molecule has 0 amide bonds. The molecule has 0 saturated heterocycles. The highest BCUT2D eigenvalue weighted by molar-refractivity contribution is 5.73. The molecule has 0 bridgehead atoms. The molecule has 0 N–H and O–H groups in total. The van der Waals surface area contributed by atoms with Gasteiger partial charge in [0, 0.05) is 24.3 Å².